The van der Waals surface area contributed by atoms with Crippen molar-refractivity contribution in [2.24, 2.45) is 0 Å². The third kappa shape index (κ3) is 5.34. The summed E-state index contributed by atoms with van der Waals surface area (Å²) < 4.78 is 2.38. The molecule has 162 valence electrons. The van der Waals surface area contributed by atoms with Gasteiger partial charge in [0.2, 0.25) is 0 Å². The van der Waals surface area contributed by atoms with E-state index in [9.17, 15) is 0 Å². The molecule has 0 unspecified atom stereocenters. The zero-order chi connectivity index (χ0) is 22.5. The molecular weight excluding hydrogens is 396 g/mol. The van der Waals surface area contributed by atoms with E-state index in [0.29, 0.717) is 0 Å². The first kappa shape index (κ1) is 23.0. The van der Waals surface area contributed by atoms with Crippen LogP contribution in [0.15, 0.2) is 65.6 Å². The Labute approximate surface area is 191 Å². The maximum Gasteiger partial charge on any atom is 0.124 e. The van der Waals surface area contributed by atoms with Gasteiger partial charge in [-0.25, -0.2) is 4.98 Å². The van der Waals surface area contributed by atoms with Crippen LogP contribution in [0.5, 0.6) is 0 Å². The Morgan fingerprint density at radius 2 is 1.84 bits per heavy atom. The largest absolute Gasteiger partial charge is 0.339 e. The van der Waals surface area contributed by atoms with Crippen LogP contribution in [-0.4, -0.2) is 9.55 Å². The van der Waals surface area contributed by atoms with Gasteiger partial charge in [0, 0.05) is 23.2 Å². The summed E-state index contributed by atoms with van der Waals surface area (Å²) in [6, 6.07) is 11.0. The second kappa shape index (κ2) is 10.1. The summed E-state index contributed by atoms with van der Waals surface area (Å²) in [5.41, 5.74) is 10.9. The summed E-state index contributed by atoms with van der Waals surface area (Å²) in [4.78, 5) is 5.02. The van der Waals surface area contributed by atoms with Crippen molar-refractivity contribution in [1.82, 2.24) is 9.55 Å². The summed E-state index contributed by atoms with van der Waals surface area (Å²) in [7, 11) is 0. The normalized spacial score (nSPS) is 12.5. The number of allylic oxidation sites excluding steroid dienone is 5. The molecule has 0 saturated heterocycles. The Morgan fingerprint density at radius 3 is 2.45 bits per heavy atom. The van der Waals surface area contributed by atoms with Gasteiger partial charge < -0.3 is 4.57 Å². The Kier molecular flexibility index (Phi) is 7.50. The molecule has 31 heavy (non-hydrogen) atoms. The molecule has 0 aliphatic carbocycles. The number of rotatable bonds is 8. The predicted molar refractivity (Wildman–Crippen MR) is 138 cm³/mol. The molecule has 0 N–H and O–H groups in total. The highest BCUT2D eigenvalue weighted by molar-refractivity contribution is 7.13. The first-order chi connectivity index (χ1) is 14.8. The highest BCUT2D eigenvalue weighted by Gasteiger charge is 2.17. The van der Waals surface area contributed by atoms with Gasteiger partial charge in [-0.05, 0) is 63.3 Å². The molecule has 0 saturated carbocycles. The number of benzene rings is 1. The van der Waals surface area contributed by atoms with E-state index in [1.807, 2.05) is 0 Å². The Balaban J connectivity index is 2.00. The molecule has 0 atom stereocenters. The van der Waals surface area contributed by atoms with Gasteiger partial charge in [-0.15, -0.1) is 11.3 Å². The van der Waals surface area contributed by atoms with Crippen LogP contribution in [0.3, 0.4) is 0 Å². The number of hydrogen-bond donors (Lipinski definition) is 0. The monoisotopic (exact) mass is 430 g/mol. The topological polar surface area (TPSA) is 17.8 Å². The molecule has 0 fully saturated rings. The summed E-state index contributed by atoms with van der Waals surface area (Å²) in [6.07, 6.45) is 6.67. The van der Waals surface area contributed by atoms with Crippen LogP contribution >= 0.6 is 11.3 Å². The quantitative estimate of drug-likeness (QED) is 0.328. The van der Waals surface area contributed by atoms with Crippen LogP contribution < -0.4 is 0 Å². The Morgan fingerprint density at radius 1 is 1.13 bits per heavy atom. The minimum atomic E-state index is 0.849. The molecule has 2 aromatic heterocycles. The minimum absolute atomic E-state index is 0.849. The number of hydrogen-bond acceptors (Lipinski definition) is 2. The molecule has 0 aliphatic heterocycles. The maximum absolute atomic E-state index is 5.02. The van der Waals surface area contributed by atoms with Crippen LogP contribution in [0.2, 0.25) is 0 Å². The van der Waals surface area contributed by atoms with E-state index in [2.05, 4.69) is 101 Å². The molecule has 0 bridgehead atoms. The van der Waals surface area contributed by atoms with Gasteiger partial charge in [0.25, 0.3) is 0 Å². The second-order valence-electron chi connectivity index (χ2n) is 8.33. The molecule has 0 spiro atoms. The molecule has 3 aromatic rings. The van der Waals surface area contributed by atoms with Crippen LogP contribution in [0.1, 0.15) is 57.9 Å². The Bertz CT molecular complexity index is 1120. The molecular formula is C28H34N2S. The van der Waals surface area contributed by atoms with E-state index < -0.39 is 0 Å². The van der Waals surface area contributed by atoms with Crippen LogP contribution in [-0.2, 0) is 13.0 Å². The van der Waals surface area contributed by atoms with Gasteiger partial charge in [0.05, 0.1) is 11.4 Å². The fourth-order valence-electron chi connectivity index (χ4n) is 3.96. The minimum Gasteiger partial charge on any atom is -0.339 e. The van der Waals surface area contributed by atoms with Crippen LogP contribution in [0.4, 0.5) is 0 Å². The molecule has 3 heteroatoms. The first-order valence-electron chi connectivity index (χ1n) is 11.1. The Hall–Kier alpha value is -2.65. The molecule has 3 rings (SSSR count). The zero-order valence-electron chi connectivity index (χ0n) is 19.7. The summed E-state index contributed by atoms with van der Waals surface area (Å²) >= 11 is 1.71. The third-order valence-electron chi connectivity index (χ3n) is 5.61. The lowest BCUT2D eigenvalue weighted by Crippen LogP contribution is -2.04. The van der Waals surface area contributed by atoms with Crippen molar-refractivity contribution >= 4 is 16.9 Å². The fourth-order valence-corrected chi connectivity index (χ4v) is 4.78. The lowest BCUT2D eigenvalue weighted by Gasteiger charge is -2.12. The van der Waals surface area contributed by atoms with E-state index in [4.69, 9.17) is 4.98 Å². The van der Waals surface area contributed by atoms with E-state index in [1.165, 1.54) is 33.5 Å². The lowest BCUT2D eigenvalue weighted by atomic mass is 10.1. The van der Waals surface area contributed by atoms with Gasteiger partial charge in [-0.2, -0.15) is 0 Å². The maximum atomic E-state index is 5.02. The van der Waals surface area contributed by atoms with Gasteiger partial charge in [-0.3, -0.25) is 0 Å². The average Bonchev–Trinajstić information content (AvgIpc) is 3.34. The highest BCUT2D eigenvalue weighted by atomic mass is 32.1. The van der Waals surface area contributed by atoms with Gasteiger partial charge in [-0.1, -0.05) is 68.0 Å². The average molecular weight is 431 g/mol. The highest BCUT2D eigenvalue weighted by Crippen LogP contribution is 2.33. The van der Waals surface area contributed by atoms with Crippen molar-refractivity contribution in [3.05, 3.63) is 82.4 Å². The van der Waals surface area contributed by atoms with Gasteiger partial charge >= 0.3 is 0 Å². The predicted octanol–water partition coefficient (Wildman–Crippen LogP) is 8.49. The fraction of sp³-hybridized carbons (Fsp3) is 0.321. The first-order valence-corrected chi connectivity index (χ1v) is 12.0. The number of nitrogens with zero attached hydrogens (tertiary/aromatic N) is 2. The number of aromatic nitrogens is 2. The second-order valence-corrected chi connectivity index (χ2v) is 9.19. The van der Waals surface area contributed by atoms with Crippen molar-refractivity contribution < 1.29 is 0 Å². The van der Waals surface area contributed by atoms with Crippen LogP contribution in [0, 0.1) is 6.92 Å². The summed E-state index contributed by atoms with van der Waals surface area (Å²) in [5, 5.41) is 3.24. The van der Waals surface area contributed by atoms with Crippen molar-refractivity contribution in [1.29, 1.82) is 0 Å². The molecule has 0 aliphatic rings. The van der Waals surface area contributed by atoms with Gasteiger partial charge in [0.1, 0.15) is 5.01 Å². The molecule has 0 radical (unpaired) electrons. The number of thiazole rings is 1. The van der Waals surface area contributed by atoms with E-state index >= 15 is 0 Å². The zero-order valence-corrected chi connectivity index (χ0v) is 20.6. The number of aryl methyl sites for hydroxylation is 1. The third-order valence-corrected chi connectivity index (χ3v) is 6.50. The van der Waals surface area contributed by atoms with E-state index in [1.54, 1.807) is 11.3 Å². The summed E-state index contributed by atoms with van der Waals surface area (Å²) in [5.74, 6) is 0. The smallest absolute Gasteiger partial charge is 0.124 e. The van der Waals surface area contributed by atoms with Crippen molar-refractivity contribution in [3.63, 3.8) is 0 Å². The molecule has 2 nitrogen and oxygen atoms in total. The SMILES string of the molecule is C=C(C)c1cc(-c2csc(-c3ccc(CC)cc3)n2)n(C/C(C)=C/C(C)=C\CC)c1C. The molecule has 2 heterocycles. The van der Waals surface area contributed by atoms with Gasteiger partial charge in [0.15, 0.2) is 0 Å². The standard InChI is InChI=1S/C28H34N2S/c1-8-10-20(5)15-21(6)17-30-22(7)25(19(3)4)16-27(30)26-18-31-28(29-26)24-13-11-23(9-2)12-14-24/h10-16,18H,3,8-9,17H2,1-2,4-7H3/b20-10-,21-15+. The van der Waals surface area contributed by atoms with E-state index in [0.717, 1.165) is 41.4 Å². The lowest BCUT2D eigenvalue weighted by molar-refractivity contribution is 0.766. The van der Waals surface area contributed by atoms with Crippen molar-refractivity contribution in [2.75, 3.05) is 0 Å². The molecule has 0 amide bonds. The van der Waals surface area contributed by atoms with Crippen LogP contribution in [0.25, 0.3) is 27.5 Å². The van der Waals surface area contributed by atoms with Crippen molar-refractivity contribution in [2.45, 2.75) is 60.9 Å². The van der Waals surface area contributed by atoms with Crippen molar-refractivity contribution in [3.8, 4) is 22.0 Å². The van der Waals surface area contributed by atoms with E-state index in [-0.39, 0.29) is 0 Å². The molecule has 1 aromatic carbocycles. The summed E-state index contributed by atoms with van der Waals surface area (Å²) in [6.45, 7) is 18.1.